The largest absolute Gasteiger partial charge is 0.452 e. The van der Waals surface area contributed by atoms with Gasteiger partial charge in [0.15, 0.2) is 6.10 Å². The van der Waals surface area contributed by atoms with E-state index < -0.39 is 6.10 Å². The Labute approximate surface area is 141 Å². The zero-order chi connectivity index (χ0) is 16.9. The van der Waals surface area contributed by atoms with Gasteiger partial charge in [-0.25, -0.2) is 4.98 Å². The van der Waals surface area contributed by atoms with E-state index in [0.29, 0.717) is 25.9 Å². The van der Waals surface area contributed by atoms with Crippen molar-refractivity contribution in [1.29, 1.82) is 0 Å². The molecule has 126 valence electrons. The number of benzene rings is 1. The Bertz CT molecular complexity index is 711. The lowest BCUT2D eigenvalue weighted by atomic mass is 10.1. The van der Waals surface area contributed by atoms with Crippen LogP contribution in [0.3, 0.4) is 0 Å². The Morgan fingerprint density at radius 3 is 2.79 bits per heavy atom. The second-order valence-electron chi connectivity index (χ2n) is 5.97. The number of aromatic nitrogens is 2. The molecule has 1 amide bonds. The quantitative estimate of drug-likeness (QED) is 0.758. The maximum atomic E-state index is 12.8. The molecule has 2 heterocycles. The maximum Gasteiger partial charge on any atom is 0.306 e. The monoisotopic (exact) mass is 327 g/mol. The van der Waals surface area contributed by atoms with E-state index in [1.165, 1.54) is 5.56 Å². The number of carbonyl (C=O) groups is 2. The Balaban J connectivity index is 1.71. The maximum absolute atomic E-state index is 12.8. The minimum atomic E-state index is -0.659. The zero-order valence-corrected chi connectivity index (χ0v) is 13.7. The molecule has 0 bridgehead atoms. The second kappa shape index (κ2) is 7.29. The van der Waals surface area contributed by atoms with E-state index in [1.54, 1.807) is 11.1 Å². The van der Waals surface area contributed by atoms with Gasteiger partial charge < -0.3 is 14.2 Å². The number of nitrogens with zero attached hydrogens (tertiary/aromatic N) is 3. The lowest BCUT2D eigenvalue weighted by molar-refractivity contribution is -0.153. The number of rotatable bonds is 6. The fourth-order valence-corrected chi connectivity index (χ4v) is 2.80. The van der Waals surface area contributed by atoms with Crippen molar-refractivity contribution in [3.8, 4) is 0 Å². The molecule has 0 aliphatic carbocycles. The van der Waals surface area contributed by atoms with E-state index in [0.717, 1.165) is 12.2 Å². The van der Waals surface area contributed by atoms with E-state index in [1.807, 2.05) is 48.1 Å². The highest BCUT2D eigenvalue weighted by Crippen LogP contribution is 2.18. The first-order chi connectivity index (χ1) is 11.6. The highest BCUT2D eigenvalue weighted by Gasteiger charge is 2.33. The lowest BCUT2D eigenvalue weighted by Gasteiger charge is -2.25. The molecule has 0 unspecified atom stereocenters. The molecule has 3 rings (SSSR count). The molecule has 1 aromatic heterocycles. The number of carbonyl (C=O) groups excluding carboxylic acids is 2. The summed E-state index contributed by atoms with van der Waals surface area (Å²) in [4.78, 5) is 30.1. The Hall–Kier alpha value is -2.63. The summed E-state index contributed by atoms with van der Waals surface area (Å²) in [6.45, 7) is 0.965. The summed E-state index contributed by atoms with van der Waals surface area (Å²) in [5, 5.41) is 0. The molecule has 1 aliphatic rings. The summed E-state index contributed by atoms with van der Waals surface area (Å²) in [6, 6.07) is 10.0. The molecule has 6 nitrogen and oxygen atoms in total. The van der Waals surface area contributed by atoms with Crippen LogP contribution in [0.25, 0.3) is 0 Å². The molecule has 0 radical (unpaired) electrons. The van der Waals surface area contributed by atoms with Gasteiger partial charge in [-0.3, -0.25) is 9.59 Å². The number of esters is 1. The van der Waals surface area contributed by atoms with E-state index in [4.69, 9.17) is 4.74 Å². The summed E-state index contributed by atoms with van der Waals surface area (Å²) >= 11 is 0. The molecule has 6 heteroatoms. The van der Waals surface area contributed by atoms with Gasteiger partial charge in [-0.05, 0) is 12.0 Å². The third-order valence-electron chi connectivity index (χ3n) is 4.24. The molecular formula is C18H21N3O3. The van der Waals surface area contributed by atoms with Crippen molar-refractivity contribution in [1.82, 2.24) is 14.5 Å². The van der Waals surface area contributed by atoms with E-state index in [9.17, 15) is 9.59 Å². The normalized spacial score (nSPS) is 16.9. The molecule has 1 atom stereocenters. The van der Waals surface area contributed by atoms with Gasteiger partial charge in [-0.15, -0.1) is 0 Å². The van der Waals surface area contributed by atoms with Crippen molar-refractivity contribution in [2.24, 2.45) is 7.05 Å². The van der Waals surface area contributed by atoms with Crippen molar-refractivity contribution in [3.05, 3.63) is 54.1 Å². The summed E-state index contributed by atoms with van der Waals surface area (Å²) in [6.07, 6.45) is 4.42. The number of cyclic esters (lactones) is 1. The second-order valence-corrected chi connectivity index (χ2v) is 5.97. The van der Waals surface area contributed by atoms with E-state index in [-0.39, 0.29) is 11.9 Å². The first-order valence-corrected chi connectivity index (χ1v) is 8.12. The van der Waals surface area contributed by atoms with Crippen LogP contribution >= 0.6 is 0 Å². The van der Waals surface area contributed by atoms with Gasteiger partial charge in [0.1, 0.15) is 5.82 Å². The van der Waals surface area contributed by atoms with Crippen LogP contribution in [0, 0.1) is 0 Å². The first-order valence-electron chi connectivity index (χ1n) is 8.12. The molecule has 0 N–H and O–H groups in total. The molecular weight excluding hydrogens is 306 g/mol. The highest BCUT2D eigenvalue weighted by molar-refractivity contribution is 5.86. The third-order valence-corrected chi connectivity index (χ3v) is 4.24. The van der Waals surface area contributed by atoms with Crippen LogP contribution in [-0.2, 0) is 34.3 Å². The van der Waals surface area contributed by atoms with Gasteiger partial charge in [0, 0.05) is 38.8 Å². The van der Waals surface area contributed by atoms with Crippen molar-refractivity contribution in [2.45, 2.75) is 31.9 Å². The van der Waals surface area contributed by atoms with Crippen molar-refractivity contribution in [2.75, 3.05) is 6.54 Å². The van der Waals surface area contributed by atoms with Gasteiger partial charge in [0.2, 0.25) is 0 Å². The van der Waals surface area contributed by atoms with E-state index in [2.05, 4.69) is 4.98 Å². The summed E-state index contributed by atoms with van der Waals surface area (Å²) in [7, 11) is 1.90. The minimum Gasteiger partial charge on any atom is -0.452 e. The number of hydrogen-bond donors (Lipinski definition) is 0. The average molecular weight is 327 g/mol. The average Bonchev–Trinajstić information content (AvgIpc) is 3.20. The number of aryl methyl sites for hydroxylation is 1. The van der Waals surface area contributed by atoms with Gasteiger partial charge >= 0.3 is 5.97 Å². The number of imidazole rings is 1. The topological polar surface area (TPSA) is 64.4 Å². The third kappa shape index (κ3) is 3.82. The first kappa shape index (κ1) is 16.2. The van der Waals surface area contributed by atoms with Crippen molar-refractivity contribution in [3.63, 3.8) is 0 Å². The molecule has 1 aromatic carbocycles. The van der Waals surface area contributed by atoms with Crippen LogP contribution in [0.15, 0.2) is 42.7 Å². The van der Waals surface area contributed by atoms with Crippen LogP contribution in [0.5, 0.6) is 0 Å². The van der Waals surface area contributed by atoms with Crippen LogP contribution in [0.4, 0.5) is 0 Å². The molecule has 1 aliphatic heterocycles. The van der Waals surface area contributed by atoms with Crippen LogP contribution in [0.2, 0.25) is 0 Å². The lowest BCUT2D eigenvalue weighted by Crippen LogP contribution is -2.40. The van der Waals surface area contributed by atoms with Gasteiger partial charge in [0.05, 0.1) is 6.54 Å². The van der Waals surface area contributed by atoms with Crippen LogP contribution < -0.4 is 0 Å². The molecule has 1 fully saturated rings. The summed E-state index contributed by atoms with van der Waals surface area (Å²) in [5.74, 6) is 0.369. The Morgan fingerprint density at radius 1 is 1.38 bits per heavy atom. The van der Waals surface area contributed by atoms with Gasteiger partial charge in [0.25, 0.3) is 5.91 Å². The minimum absolute atomic E-state index is 0.139. The summed E-state index contributed by atoms with van der Waals surface area (Å²) < 4.78 is 7.04. The van der Waals surface area contributed by atoms with Crippen molar-refractivity contribution >= 4 is 11.9 Å². The fraction of sp³-hybridized carbons (Fsp3) is 0.389. The predicted molar refractivity (Wildman–Crippen MR) is 87.9 cm³/mol. The smallest absolute Gasteiger partial charge is 0.306 e. The molecule has 2 aromatic rings. The number of amides is 1. The summed E-state index contributed by atoms with van der Waals surface area (Å²) in [5.41, 5.74) is 1.17. The van der Waals surface area contributed by atoms with Crippen LogP contribution in [-0.4, -0.2) is 39.0 Å². The molecule has 0 spiro atoms. The molecule has 0 saturated carbocycles. The molecule has 24 heavy (non-hydrogen) atoms. The van der Waals surface area contributed by atoms with Gasteiger partial charge in [-0.2, -0.15) is 0 Å². The zero-order valence-electron chi connectivity index (χ0n) is 13.7. The number of hydrogen-bond acceptors (Lipinski definition) is 4. The van der Waals surface area contributed by atoms with Crippen LogP contribution in [0.1, 0.15) is 24.2 Å². The fourth-order valence-electron chi connectivity index (χ4n) is 2.80. The van der Waals surface area contributed by atoms with E-state index >= 15 is 0 Å². The number of ether oxygens (including phenoxy) is 1. The standard InChI is InChI=1S/C18H21N3O3/c1-20-12-10-19-16(20)13-21(11-9-14-5-3-2-4-6-14)18(23)15-7-8-17(22)24-15/h2-6,10,12,15H,7-9,11,13H2,1H3/t15-/m1/s1. The SMILES string of the molecule is Cn1ccnc1CN(CCc1ccccc1)C(=O)[C@H]1CCC(=O)O1. The van der Waals surface area contributed by atoms with Gasteiger partial charge in [-0.1, -0.05) is 30.3 Å². The highest BCUT2D eigenvalue weighted by atomic mass is 16.6. The van der Waals surface area contributed by atoms with Crippen molar-refractivity contribution < 1.29 is 14.3 Å². The Morgan fingerprint density at radius 2 is 2.17 bits per heavy atom. The predicted octanol–water partition coefficient (Wildman–Crippen LogP) is 1.70. The molecule has 1 saturated heterocycles. The Kier molecular flexibility index (Phi) is 4.93.